The van der Waals surface area contributed by atoms with Crippen LogP contribution in [0, 0.1) is 0 Å². The van der Waals surface area contributed by atoms with Crippen molar-refractivity contribution in [2.24, 2.45) is 0 Å². The molecule has 0 aromatic heterocycles. The van der Waals surface area contributed by atoms with Gasteiger partial charge in [-0.3, -0.25) is 4.79 Å². The van der Waals surface area contributed by atoms with E-state index < -0.39 is 0 Å². The van der Waals surface area contributed by atoms with Gasteiger partial charge in [-0.1, -0.05) is 23.2 Å². The molecular formula is C12H14Cl2N2O. The van der Waals surface area contributed by atoms with Gasteiger partial charge in [-0.15, -0.1) is 0 Å². The van der Waals surface area contributed by atoms with Crippen LogP contribution in [0.15, 0.2) is 18.2 Å². The van der Waals surface area contributed by atoms with Crippen LogP contribution in [0.1, 0.15) is 16.8 Å². The van der Waals surface area contributed by atoms with Gasteiger partial charge >= 0.3 is 0 Å². The van der Waals surface area contributed by atoms with Crippen molar-refractivity contribution in [3.8, 4) is 0 Å². The molecule has 92 valence electrons. The Hall–Kier alpha value is -0.770. The first-order valence-electron chi connectivity index (χ1n) is 5.63. The van der Waals surface area contributed by atoms with E-state index in [0.29, 0.717) is 22.2 Å². The Kier molecular flexibility index (Phi) is 4.26. The van der Waals surface area contributed by atoms with Crippen LogP contribution in [0.2, 0.25) is 10.0 Å². The SMILES string of the molecule is O=C(c1cc(Cl)ccc1Cl)N1CCCNCC1. The van der Waals surface area contributed by atoms with Crippen LogP contribution < -0.4 is 5.32 Å². The predicted octanol–water partition coefficient (Wildman–Crippen LogP) is 2.43. The van der Waals surface area contributed by atoms with Crippen LogP contribution in [0.4, 0.5) is 0 Å². The zero-order chi connectivity index (χ0) is 12.3. The van der Waals surface area contributed by atoms with E-state index in [4.69, 9.17) is 23.2 Å². The summed E-state index contributed by atoms with van der Waals surface area (Å²) in [5.41, 5.74) is 0.487. The van der Waals surface area contributed by atoms with E-state index >= 15 is 0 Å². The summed E-state index contributed by atoms with van der Waals surface area (Å²) in [6.45, 7) is 3.24. The van der Waals surface area contributed by atoms with Crippen LogP contribution >= 0.6 is 23.2 Å². The lowest BCUT2D eigenvalue weighted by Crippen LogP contribution is -2.34. The van der Waals surface area contributed by atoms with Gasteiger partial charge in [0.1, 0.15) is 0 Å². The van der Waals surface area contributed by atoms with Crippen molar-refractivity contribution in [2.75, 3.05) is 26.2 Å². The summed E-state index contributed by atoms with van der Waals surface area (Å²) < 4.78 is 0. The maximum absolute atomic E-state index is 12.3. The fourth-order valence-electron chi connectivity index (χ4n) is 1.88. The lowest BCUT2D eigenvalue weighted by molar-refractivity contribution is 0.0766. The molecule has 1 aromatic carbocycles. The summed E-state index contributed by atoms with van der Waals surface area (Å²) in [7, 11) is 0. The molecule has 1 heterocycles. The molecule has 17 heavy (non-hydrogen) atoms. The van der Waals surface area contributed by atoms with Crippen molar-refractivity contribution in [3.05, 3.63) is 33.8 Å². The first-order valence-corrected chi connectivity index (χ1v) is 6.39. The Balaban J connectivity index is 2.20. The van der Waals surface area contributed by atoms with Crippen molar-refractivity contribution < 1.29 is 4.79 Å². The van der Waals surface area contributed by atoms with E-state index in [1.165, 1.54) is 0 Å². The van der Waals surface area contributed by atoms with E-state index in [-0.39, 0.29) is 5.91 Å². The Morgan fingerprint density at radius 1 is 1.24 bits per heavy atom. The minimum Gasteiger partial charge on any atom is -0.337 e. The summed E-state index contributed by atoms with van der Waals surface area (Å²) >= 11 is 11.9. The molecule has 5 heteroatoms. The summed E-state index contributed by atoms with van der Waals surface area (Å²) in [6.07, 6.45) is 0.962. The van der Waals surface area contributed by atoms with Crippen molar-refractivity contribution >= 4 is 29.1 Å². The molecule has 1 aliphatic rings. The lowest BCUT2D eigenvalue weighted by atomic mass is 10.2. The van der Waals surface area contributed by atoms with Crippen LogP contribution in [-0.2, 0) is 0 Å². The highest BCUT2D eigenvalue weighted by atomic mass is 35.5. The third-order valence-corrected chi connectivity index (χ3v) is 3.35. The third-order valence-electron chi connectivity index (χ3n) is 2.79. The predicted molar refractivity (Wildman–Crippen MR) is 69.9 cm³/mol. The first-order chi connectivity index (χ1) is 8.18. The zero-order valence-corrected chi connectivity index (χ0v) is 10.9. The fraction of sp³-hybridized carbons (Fsp3) is 0.417. The number of nitrogens with one attached hydrogen (secondary N) is 1. The Morgan fingerprint density at radius 2 is 2.06 bits per heavy atom. The first kappa shape index (κ1) is 12.7. The van der Waals surface area contributed by atoms with Crippen LogP contribution in [0.5, 0.6) is 0 Å². The normalized spacial score (nSPS) is 16.7. The number of carbonyl (C=O) groups is 1. The molecule has 0 bridgehead atoms. The molecule has 1 amide bonds. The molecular weight excluding hydrogens is 259 g/mol. The number of rotatable bonds is 1. The summed E-state index contributed by atoms with van der Waals surface area (Å²) in [4.78, 5) is 14.1. The number of hydrogen-bond donors (Lipinski definition) is 1. The molecule has 0 spiro atoms. The minimum absolute atomic E-state index is 0.0406. The third kappa shape index (κ3) is 3.12. The van der Waals surface area contributed by atoms with Gasteiger partial charge in [0.2, 0.25) is 0 Å². The molecule has 0 saturated carbocycles. The monoisotopic (exact) mass is 272 g/mol. The number of nitrogens with zero attached hydrogens (tertiary/aromatic N) is 1. The average Bonchev–Trinajstić information content (AvgIpc) is 2.60. The number of amides is 1. The van der Waals surface area contributed by atoms with Gasteiger partial charge < -0.3 is 10.2 Å². The molecule has 0 unspecified atom stereocenters. The second-order valence-electron chi connectivity index (χ2n) is 4.02. The van der Waals surface area contributed by atoms with Gasteiger partial charge in [0, 0.05) is 24.7 Å². The van der Waals surface area contributed by atoms with Crippen LogP contribution in [-0.4, -0.2) is 37.0 Å². The zero-order valence-electron chi connectivity index (χ0n) is 9.38. The van der Waals surface area contributed by atoms with Gasteiger partial charge in [-0.05, 0) is 31.2 Å². The van der Waals surface area contributed by atoms with E-state index in [0.717, 1.165) is 26.1 Å². The fourth-order valence-corrected chi connectivity index (χ4v) is 2.25. The highest BCUT2D eigenvalue weighted by molar-refractivity contribution is 6.35. The second-order valence-corrected chi connectivity index (χ2v) is 4.86. The van der Waals surface area contributed by atoms with E-state index in [1.807, 2.05) is 4.90 Å². The lowest BCUT2D eigenvalue weighted by Gasteiger charge is -2.20. The molecule has 1 aliphatic heterocycles. The number of halogens is 2. The molecule has 1 aromatic rings. The summed E-state index contributed by atoms with van der Waals surface area (Å²) in [5.74, 6) is -0.0406. The van der Waals surface area contributed by atoms with Crippen molar-refractivity contribution in [1.82, 2.24) is 10.2 Å². The maximum atomic E-state index is 12.3. The molecule has 0 aliphatic carbocycles. The van der Waals surface area contributed by atoms with Crippen LogP contribution in [0.25, 0.3) is 0 Å². The second kappa shape index (κ2) is 5.71. The Morgan fingerprint density at radius 3 is 2.88 bits per heavy atom. The topological polar surface area (TPSA) is 32.3 Å². The molecule has 0 radical (unpaired) electrons. The maximum Gasteiger partial charge on any atom is 0.255 e. The molecule has 3 nitrogen and oxygen atoms in total. The quantitative estimate of drug-likeness (QED) is 0.852. The number of benzene rings is 1. The van der Waals surface area contributed by atoms with E-state index in [2.05, 4.69) is 5.32 Å². The number of hydrogen-bond acceptors (Lipinski definition) is 2. The van der Waals surface area contributed by atoms with Crippen LogP contribution in [0.3, 0.4) is 0 Å². The molecule has 1 saturated heterocycles. The Labute approximate surface area is 111 Å². The molecule has 1 fully saturated rings. The molecule has 1 N–H and O–H groups in total. The summed E-state index contributed by atoms with van der Waals surface area (Å²) in [6, 6.07) is 4.97. The van der Waals surface area contributed by atoms with Gasteiger partial charge in [-0.2, -0.15) is 0 Å². The highest BCUT2D eigenvalue weighted by Gasteiger charge is 2.19. The highest BCUT2D eigenvalue weighted by Crippen LogP contribution is 2.22. The van der Waals surface area contributed by atoms with Gasteiger partial charge in [0.25, 0.3) is 5.91 Å². The Bertz CT molecular complexity index is 415. The van der Waals surface area contributed by atoms with Gasteiger partial charge in [0.05, 0.1) is 10.6 Å². The van der Waals surface area contributed by atoms with Crippen molar-refractivity contribution in [1.29, 1.82) is 0 Å². The standard InChI is InChI=1S/C12H14Cl2N2O/c13-9-2-3-11(14)10(8-9)12(17)16-6-1-4-15-5-7-16/h2-3,8,15H,1,4-7H2. The number of carbonyl (C=O) groups excluding carboxylic acids is 1. The largest absolute Gasteiger partial charge is 0.337 e. The minimum atomic E-state index is -0.0406. The van der Waals surface area contributed by atoms with E-state index in [9.17, 15) is 4.79 Å². The van der Waals surface area contributed by atoms with Crippen molar-refractivity contribution in [2.45, 2.75) is 6.42 Å². The van der Waals surface area contributed by atoms with Gasteiger partial charge in [0.15, 0.2) is 0 Å². The van der Waals surface area contributed by atoms with Crippen molar-refractivity contribution in [3.63, 3.8) is 0 Å². The summed E-state index contributed by atoms with van der Waals surface area (Å²) in [5, 5.41) is 4.24. The van der Waals surface area contributed by atoms with E-state index in [1.54, 1.807) is 18.2 Å². The molecule has 0 atom stereocenters. The molecule has 2 rings (SSSR count). The smallest absolute Gasteiger partial charge is 0.255 e. The van der Waals surface area contributed by atoms with Gasteiger partial charge in [-0.25, -0.2) is 0 Å². The average molecular weight is 273 g/mol.